The van der Waals surface area contributed by atoms with Crippen molar-refractivity contribution in [1.82, 2.24) is 14.6 Å². The van der Waals surface area contributed by atoms with Gasteiger partial charge in [0.15, 0.2) is 6.23 Å². The number of benzene rings is 1. The normalized spacial score (nSPS) is 17.7. The van der Waals surface area contributed by atoms with Gasteiger partial charge in [0.25, 0.3) is 5.91 Å². The molecule has 0 spiro atoms. The Morgan fingerprint density at radius 1 is 1.09 bits per heavy atom. The molecule has 1 fully saturated rings. The number of aryl methyl sites for hydroxylation is 1. The average molecular weight is 472 g/mol. The zero-order valence-corrected chi connectivity index (χ0v) is 20.4. The summed E-state index contributed by atoms with van der Waals surface area (Å²) in [7, 11) is 3.15. The van der Waals surface area contributed by atoms with E-state index < -0.39 is 6.23 Å². The highest BCUT2D eigenvalue weighted by molar-refractivity contribution is 6.00. The number of aliphatic hydroxyl groups excluding tert-OH is 1. The van der Waals surface area contributed by atoms with E-state index in [0.29, 0.717) is 44.0 Å². The van der Waals surface area contributed by atoms with E-state index in [-0.39, 0.29) is 11.9 Å². The van der Waals surface area contributed by atoms with Crippen molar-refractivity contribution in [3.63, 3.8) is 0 Å². The van der Waals surface area contributed by atoms with Crippen LogP contribution in [-0.4, -0.2) is 84.9 Å². The molecule has 1 aliphatic heterocycles. The fourth-order valence-corrected chi connectivity index (χ4v) is 4.10. The summed E-state index contributed by atoms with van der Waals surface area (Å²) in [6.07, 6.45) is 0.664. The molecule has 1 amide bonds. The Hall–Kier alpha value is -2.98. The third kappa shape index (κ3) is 5.23. The minimum atomic E-state index is -1.08. The van der Waals surface area contributed by atoms with Crippen molar-refractivity contribution in [1.29, 1.82) is 0 Å². The molecule has 0 aliphatic carbocycles. The number of nitrogens with zero attached hydrogens (tertiary/aromatic N) is 3. The average Bonchev–Trinajstić information content (AvgIpc) is 3.23. The van der Waals surface area contributed by atoms with Gasteiger partial charge in [-0.15, -0.1) is 0 Å². The summed E-state index contributed by atoms with van der Waals surface area (Å²) in [5.74, 6) is -0.616. The van der Waals surface area contributed by atoms with Crippen LogP contribution in [0.25, 0.3) is 11.8 Å². The Bertz CT molecular complexity index is 1040. The molecule has 3 rings (SSSR count). The summed E-state index contributed by atoms with van der Waals surface area (Å²) in [5.41, 5.74) is 4.37. The molecule has 0 saturated carbocycles. The van der Waals surface area contributed by atoms with Gasteiger partial charge in [-0.3, -0.25) is 9.80 Å². The van der Waals surface area contributed by atoms with Crippen LogP contribution in [0.2, 0.25) is 0 Å². The van der Waals surface area contributed by atoms with Crippen LogP contribution in [0.5, 0.6) is 0 Å². The van der Waals surface area contributed by atoms with Crippen LogP contribution in [0.15, 0.2) is 35.9 Å². The third-order valence-electron chi connectivity index (χ3n) is 5.80. The van der Waals surface area contributed by atoms with Gasteiger partial charge in [-0.2, -0.15) is 5.01 Å². The first-order valence-corrected chi connectivity index (χ1v) is 11.3. The lowest BCUT2D eigenvalue weighted by atomic mass is 10.1. The molecule has 0 radical (unpaired) electrons. The summed E-state index contributed by atoms with van der Waals surface area (Å²) in [6.45, 7) is 7.45. The van der Waals surface area contributed by atoms with Gasteiger partial charge in [0, 0.05) is 37.8 Å². The lowest BCUT2D eigenvalue weighted by molar-refractivity contribution is -0.146. The standard InChI is InChI=1S/C25H33N3O6/c1-6-34-25(31)19-7-9-21(10-8-19)28-17(2)15-20(18(28)3)16-22-23(29)26(11-13-32-4)27(24(22)30)12-14-33-5/h7-10,15-16,23,29H,6,11-14H2,1-5H3/b22-16-. The largest absolute Gasteiger partial charge is 0.462 e. The molecular weight excluding hydrogens is 438 g/mol. The molecule has 184 valence electrons. The molecule has 2 heterocycles. The van der Waals surface area contributed by atoms with Gasteiger partial charge in [0.2, 0.25) is 0 Å². The maximum Gasteiger partial charge on any atom is 0.338 e. The second-order valence-electron chi connectivity index (χ2n) is 7.98. The number of carbonyl (C=O) groups is 2. The molecule has 9 nitrogen and oxygen atoms in total. The molecule has 1 aromatic carbocycles. The number of hydrogen-bond acceptors (Lipinski definition) is 7. The SMILES string of the molecule is CCOC(=O)c1ccc(-n2c(C)cc(/C=C3\C(=O)N(CCOC)N(CCOC)C3O)c2C)cc1. The Morgan fingerprint density at radius 3 is 2.35 bits per heavy atom. The summed E-state index contributed by atoms with van der Waals surface area (Å²) in [5, 5.41) is 14.0. The number of aromatic nitrogens is 1. The first-order chi connectivity index (χ1) is 16.3. The van der Waals surface area contributed by atoms with E-state index in [2.05, 4.69) is 0 Å². The van der Waals surface area contributed by atoms with Crippen LogP contribution in [0.3, 0.4) is 0 Å². The van der Waals surface area contributed by atoms with Crippen molar-refractivity contribution in [3.8, 4) is 5.69 Å². The van der Waals surface area contributed by atoms with Crippen molar-refractivity contribution >= 4 is 18.0 Å². The van der Waals surface area contributed by atoms with Crippen molar-refractivity contribution < 1.29 is 28.9 Å². The molecule has 2 aromatic rings. The van der Waals surface area contributed by atoms with Gasteiger partial charge in [-0.05, 0) is 62.7 Å². The van der Waals surface area contributed by atoms with Crippen LogP contribution >= 0.6 is 0 Å². The number of hydrazine groups is 1. The molecule has 34 heavy (non-hydrogen) atoms. The number of carbonyl (C=O) groups excluding carboxylic acids is 2. The fraction of sp³-hybridized carbons (Fsp3) is 0.440. The highest BCUT2D eigenvalue weighted by Crippen LogP contribution is 2.29. The predicted octanol–water partition coefficient (Wildman–Crippen LogP) is 2.32. The van der Waals surface area contributed by atoms with E-state index in [1.54, 1.807) is 44.4 Å². The van der Waals surface area contributed by atoms with Crippen molar-refractivity contribution in [2.75, 3.05) is 47.1 Å². The number of ether oxygens (including phenoxy) is 3. The minimum Gasteiger partial charge on any atom is -0.462 e. The van der Waals surface area contributed by atoms with Crippen LogP contribution in [0, 0.1) is 13.8 Å². The van der Waals surface area contributed by atoms with E-state index in [4.69, 9.17) is 14.2 Å². The third-order valence-corrected chi connectivity index (χ3v) is 5.80. The van der Waals surface area contributed by atoms with Gasteiger partial charge < -0.3 is 23.9 Å². The summed E-state index contributed by atoms with van der Waals surface area (Å²) < 4.78 is 17.4. The van der Waals surface area contributed by atoms with Gasteiger partial charge in [0.05, 0.1) is 37.5 Å². The van der Waals surface area contributed by atoms with Crippen LogP contribution in [-0.2, 0) is 19.0 Å². The van der Waals surface area contributed by atoms with E-state index >= 15 is 0 Å². The molecule has 0 bridgehead atoms. The lowest BCUT2D eigenvalue weighted by Crippen LogP contribution is -2.45. The number of hydrogen-bond donors (Lipinski definition) is 1. The van der Waals surface area contributed by atoms with E-state index in [9.17, 15) is 14.7 Å². The van der Waals surface area contributed by atoms with Crippen molar-refractivity contribution in [2.45, 2.75) is 27.0 Å². The number of aliphatic hydroxyl groups is 1. The molecular formula is C25H33N3O6. The molecule has 1 N–H and O–H groups in total. The van der Waals surface area contributed by atoms with Crippen molar-refractivity contribution in [2.24, 2.45) is 0 Å². The molecule has 1 aliphatic rings. The summed E-state index contributed by atoms with van der Waals surface area (Å²) in [4.78, 5) is 25.1. The number of esters is 1. The minimum absolute atomic E-state index is 0.260. The van der Waals surface area contributed by atoms with Crippen LogP contribution in [0.1, 0.15) is 34.2 Å². The predicted molar refractivity (Wildman–Crippen MR) is 127 cm³/mol. The maximum absolute atomic E-state index is 13.1. The van der Waals surface area contributed by atoms with Crippen LogP contribution < -0.4 is 0 Å². The Morgan fingerprint density at radius 2 is 1.74 bits per heavy atom. The Kier molecular flexibility index (Phi) is 8.62. The number of amides is 1. The van der Waals surface area contributed by atoms with Crippen molar-refractivity contribution in [3.05, 3.63) is 58.4 Å². The van der Waals surface area contributed by atoms with Gasteiger partial charge in [0.1, 0.15) is 0 Å². The van der Waals surface area contributed by atoms with Gasteiger partial charge >= 0.3 is 5.97 Å². The highest BCUT2D eigenvalue weighted by atomic mass is 16.5. The van der Waals surface area contributed by atoms with Gasteiger partial charge in [-0.1, -0.05) is 0 Å². The van der Waals surface area contributed by atoms with Gasteiger partial charge in [-0.25, -0.2) is 4.79 Å². The zero-order chi connectivity index (χ0) is 24.8. The summed E-state index contributed by atoms with van der Waals surface area (Å²) in [6, 6.07) is 9.15. The molecule has 1 unspecified atom stereocenters. The topological polar surface area (TPSA) is 93.5 Å². The lowest BCUT2D eigenvalue weighted by Gasteiger charge is -2.28. The number of rotatable bonds is 10. The Labute approximate surface area is 200 Å². The molecule has 1 atom stereocenters. The quantitative estimate of drug-likeness (QED) is 0.420. The van der Waals surface area contributed by atoms with E-state index in [1.165, 1.54) is 5.01 Å². The second kappa shape index (κ2) is 11.4. The molecule has 1 aromatic heterocycles. The fourth-order valence-electron chi connectivity index (χ4n) is 4.10. The highest BCUT2D eigenvalue weighted by Gasteiger charge is 2.41. The van der Waals surface area contributed by atoms with Crippen LogP contribution in [0.4, 0.5) is 0 Å². The monoisotopic (exact) mass is 471 g/mol. The first-order valence-electron chi connectivity index (χ1n) is 11.3. The van der Waals surface area contributed by atoms with E-state index in [0.717, 1.165) is 22.6 Å². The zero-order valence-electron chi connectivity index (χ0n) is 20.4. The maximum atomic E-state index is 13.1. The Balaban J connectivity index is 1.92. The van der Waals surface area contributed by atoms with E-state index in [1.807, 2.05) is 36.6 Å². The first kappa shape index (κ1) is 25.6. The number of methoxy groups -OCH3 is 2. The molecule has 1 saturated heterocycles. The smallest absolute Gasteiger partial charge is 0.338 e. The second-order valence-corrected chi connectivity index (χ2v) is 7.98. The molecule has 9 heteroatoms. The summed E-state index contributed by atoms with van der Waals surface area (Å²) >= 11 is 0.